The van der Waals surface area contributed by atoms with E-state index in [0.29, 0.717) is 0 Å². The second kappa shape index (κ2) is 6.74. The van der Waals surface area contributed by atoms with Gasteiger partial charge in [-0.15, -0.1) is 0 Å². The van der Waals surface area contributed by atoms with Gasteiger partial charge in [-0.2, -0.15) is 0 Å². The Kier molecular flexibility index (Phi) is 4.76. The lowest BCUT2D eigenvalue weighted by Crippen LogP contribution is -2.47. The van der Waals surface area contributed by atoms with Gasteiger partial charge < -0.3 is 9.64 Å². The van der Waals surface area contributed by atoms with Crippen molar-refractivity contribution in [2.24, 2.45) is 5.92 Å². The van der Waals surface area contributed by atoms with Gasteiger partial charge in [0.25, 0.3) is 0 Å². The summed E-state index contributed by atoms with van der Waals surface area (Å²) in [7, 11) is 0. The van der Waals surface area contributed by atoms with E-state index in [1.165, 1.54) is 19.4 Å². The maximum absolute atomic E-state index is 6.21. The Morgan fingerprint density at radius 3 is 2.85 bits per heavy atom. The predicted molar refractivity (Wildman–Crippen MR) is 81.4 cm³/mol. The van der Waals surface area contributed by atoms with Crippen molar-refractivity contribution in [3.05, 3.63) is 23.4 Å². The van der Waals surface area contributed by atoms with Gasteiger partial charge in [0.2, 0.25) is 0 Å². The zero-order valence-corrected chi connectivity index (χ0v) is 12.6. The van der Waals surface area contributed by atoms with Gasteiger partial charge in [-0.05, 0) is 37.4 Å². The van der Waals surface area contributed by atoms with Crippen molar-refractivity contribution >= 4 is 17.4 Å². The molecule has 0 spiro atoms. The third-order valence-electron chi connectivity index (χ3n) is 4.29. The summed E-state index contributed by atoms with van der Waals surface area (Å²) in [6, 6.07) is 3.79. The van der Waals surface area contributed by atoms with Gasteiger partial charge in [-0.25, -0.2) is 4.98 Å². The number of pyridine rings is 1. The van der Waals surface area contributed by atoms with Crippen LogP contribution in [0.15, 0.2) is 18.3 Å². The summed E-state index contributed by atoms with van der Waals surface area (Å²) >= 11 is 6.21. The Hall–Kier alpha value is -0.840. The minimum Gasteiger partial charge on any atom is -0.381 e. The molecule has 1 aromatic heterocycles. The average molecular weight is 296 g/mol. The van der Waals surface area contributed by atoms with Gasteiger partial charge in [-0.3, -0.25) is 4.90 Å². The molecule has 2 saturated heterocycles. The first kappa shape index (κ1) is 14.1. The lowest BCUT2D eigenvalue weighted by Gasteiger charge is -2.36. The summed E-state index contributed by atoms with van der Waals surface area (Å²) in [4.78, 5) is 9.23. The lowest BCUT2D eigenvalue weighted by atomic mass is 10.0. The lowest BCUT2D eigenvalue weighted by molar-refractivity contribution is 0.176. The van der Waals surface area contributed by atoms with Crippen molar-refractivity contribution < 1.29 is 4.74 Å². The standard InChI is InChI=1S/C15H22ClN3O/c16-14-2-1-5-17-15(14)19-9-7-18(8-10-19)6-3-13-4-11-20-12-13/h1-2,5,13H,3-4,6-12H2/t13-/m0/s1. The van der Waals surface area contributed by atoms with E-state index in [4.69, 9.17) is 16.3 Å². The predicted octanol–water partition coefficient (Wildman–Crippen LogP) is 2.28. The molecule has 0 bridgehead atoms. The van der Waals surface area contributed by atoms with Crippen molar-refractivity contribution in [1.29, 1.82) is 0 Å². The molecule has 2 aliphatic heterocycles. The highest BCUT2D eigenvalue weighted by atomic mass is 35.5. The molecule has 4 nitrogen and oxygen atoms in total. The van der Waals surface area contributed by atoms with Crippen molar-refractivity contribution in [3.8, 4) is 0 Å². The molecule has 0 aromatic carbocycles. The Morgan fingerprint density at radius 2 is 2.15 bits per heavy atom. The Morgan fingerprint density at radius 1 is 1.30 bits per heavy atom. The molecule has 0 unspecified atom stereocenters. The van der Waals surface area contributed by atoms with E-state index >= 15 is 0 Å². The highest BCUT2D eigenvalue weighted by molar-refractivity contribution is 6.32. The van der Waals surface area contributed by atoms with Gasteiger partial charge in [0, 0.05) is 45.6 Å². The van der Waals surface area contributed by atoms with Gasteiger partial charge >= 0.3 is 0 Å². The van der Waals surface area contributed by atoms with Gasteiger partial charge in [0.15, 0.2) is 0 Å². The second-order valence-electron chi connectivity index (χ2n) is 5.66. The number of ether oxygens (including phenoxy) is 1. The van der Waals surface area contributed by atoms with E-state index in [-0.39, 0.29) is 0 Å². The topological polar surface area (TPSA) is 28.6 Å². The van der Waals surface area contributed by atoms with Gasteiger partial charge in [-0.1, -0.05) is 11.6 Å². The van der Waals surface area contributed by atoms with E-state index in [9.17, 15) is 0 Å². The second-order valence-corrected chi connectivity index (χ2v) is 6.06. The number of halogens is 1. The molecule has 3 heterocycles. The number of hydrogen-bond acceptors (Lipinski definition) is 4. The first-order valence-electron chi connectivity index (χ1n) is 7.48. The van der Waals surface area contributed by atoms with Crippen LogP contribution in [-0.4, -0.2) is 55.8 Å². The highest BCUT2D eigenvalue weighted by Crippen LogP contribution is 2.23. The molecule has 110 valence electrons. The fourth-order valence-electron chi connectivity index (χ4n) is 2.97. The van der Waals surface area contributed by atoms with Crippen molar-refractivity contribution in [3.63, 3.8) is 0 Å². The van der Waals surface area contributed by atoms with Crippen LogP contribution in [0.5, 0.6) is 0 Å². The maximum Gasteiger partial charge on any atom is 0.147 e. The molecule has 0 amide bonds. The van der Waals surface area contributed by atoms with E-state index in [1.807, 2.05) is 18.3 Å². The smallest absolute Gasteiger partial charge is 0.147 e. The van der Waals surface area contributed by atoms with E-state index < -0.39 is 0 Å². The number of anilines is 1. The molecular weight excluding hydrogens is 274 g/mol. The normalized spacial score (nSPS) is 24.2. The summed E-state index contributed by atoms with van der Waals surface area (Å²) in [6.07, 6.45) is 4.32. The van der Waals surface area contributed by atoms with Crippen LogP contribution < -0.4 is 4.90 Å². The van der Waals surface area contributed by atoms with Crippen molar-refractivity contribution in [2.75, 3.05) is 50.8 Å². The summed E-state index contributed by atoms with van der Waals surface area (Å²) in [5.41, 5.74) is 0. The Balaban J connectivity index is 1.46. The average Bonchev–Trinajstić information content (AvgIpc) is 3.00. The van der Waals surface area contributed by atoms with Crippen LogP contribution in [0.25, 0.3) is 0 Å². The molecular formula is C15H22ClN3O. The van der Waals surface area contributed by atoms with E-state index in [2.05, 4.69) is 14.8 Å². The molecule has 1 aromatic rings. The fraction of sp³-hybridized carbons (Fsp3) is 0.667. The monoisotopic (exact) mass is 295 g/mol. The third-order valence-corrected chi connectivity index (χ3v) is 4.58. The Labute approximate surface area is 125 Å². The van der Waals surface area contributed by atoms with Gasteiger partial charge in [0.05, 0.1) is 5.02 Å². The van der Waals surface area contributed by atoms with Crippen LogP contribution in [-0.2, 0) is 4.74 Å². The van der Waals surface area contributed by atoms with Crippen LogP contribution in [0, 0.1) is 5.92 Å². The minimum atomic E-state index is 0.754. The number of rotatable bonds is 4. The molecule has 0 aliphatic carbocycles. The number of hydrogen-bond donors (Lipinski definition) is 0. The zero-order chi connectivity index (χ0) is 13.8. The summed E-state index contributed by atoms with van der Waals surface area (Å²) in [5.74, 6) is 1.70. The molecule has 20 heavy (non-hydrogen) atoms. The number of piperazine rings is 1. The van der Waals surface area contributed by atoms with Crippen LogP contribution in [0.2, 0.25) is 5.02 Å². The summed E-state index contributed by atoms with van der Waals surface area (Å²) in [5, 5.41) is 0.754. The highest BCUT2D eigenvalue weighted by Gasteiger charge is 2.21. The molecule has 0 N–H and O–H groups in total. The maximum atomic E-state index is 6.21. The van der Waals surface area contributed by atoms with Crippen molar-refractivity contribution in [2.45, 2.75) is 12.8 Å². The quantitative estimate of drug-likeness (QED) is 0.852. The fourth-order valence-corrected chi connectivity index (χ4v) is 3.21. The SMILES string of the molecule is Clc1cccnc1N1CCN(CC[C@H]2CCOC2)CC1. The van der Waals surface area contributed by atoms with Crippen LogP contribution >= 0.6 is 11.6 Å². The first-order chi connectivity index (χ1) is 9.83. The number of nitrogens with zero attached hydrogens (tertiary/aromatic N) is 3. The molecule has 2 fully saturated rings. The van der Waals surface area contributed by atoms with Crippen LogP contribution in [0.4, 0.5) is 5.82 Å². The molecule has 0 saturated carbocycles. The zero-order valence-electron chi connectivity index (χ0n) is 11.8. The molecule has 0 radical (unpaired) electrons. The summed E-state index contributed by atoms with van der Waals surface area (Å²) in [6.45, 7) is 7.33. The number of aromatic nitrogens is 1. The van der Waals surface area contributed by atoms with Gasteiger partial charge in [0.1, 0.15) is 5.82 Å². The first-order valence-corrected chi connectivity index (χ1v) is 7.86. The van der Waals surface area contributed by atoms with E-state index in [0.717, 1.165) is 56.2 Å². The summed E-state index contributed by atoms with van der Waals surface area (Å²) < 4.78 is 5.44. The largest absolute Gasteiger partial charge is 0.381 e. The van der Waals surface area contributed by atoms with E-state index in [1.54, 1.807) is 0 Å². The Bertz CT molecular complexity index is 429. The molecule has 1 atom stereocenters. The minimum absolute atomic E-state index is 0.754. The molecule has 3 rings (SSSR count). The van der Waals surface area contributed by atoms with Crippen LogP contribution in [0.3, 0.4) is 0 Å². The van der Waals surface area contributed by atoms with Crippen molar-refractivity contribution in [1.82, 2.24) is 9.88 Å². The third kappa shape index (κ3) is 3.43. The molecule has 2 aliphatic rings. The van der Waals surface area contributed by atoms with Crippen LogP contribution in [0.1, 0.15) is 12.8 Å². The molecule has 5 heteroatoms.